The molecule has 14 heavy (non-hydrogen) atoms. The van der Waals surface area contributed by atoms with Gasteiger partial charge in [0, 0.05) is 0 Å². The smallest absolute Gasteiger partial charge is 0.270 e. The molecule has 0 aromatic rings. The molecule has 1 spiro atoms. The maximum Gasteiger partial charge on any atom is 0.273 e. The molecule has 4 aliphatic rings. The van der Waals surface area contributed by atoms with Crippen molar-refractivity contribution >= 4 is 10.1 Å². The van der Waals surface area contributed by atoms with Crippen LogP contribution in [0.3, 0.4) is 0 Å². The molecule has 4 heteroatoms. The van der Waals surface area contributed by atoms with Crippen LogP contribution in [0, 0.1) is 11.8 Å². The van der Waals surface area contributed by atoms with E-state index < -0.39 is 14.9 Å². The van der Waals surface area contributed by atoms with Gasteiger partial charge in [-0.15, -0.1) is 0 Å². The van der Waals surface area contributed by atoms with E-state index in [0.29, 0.717) is 18.4 Å². The van der Waals surface area contributed by atoms with Crippen LogP contribution in [-0.2, 0) is 14.3 Å². The third-order valence-electron chi connectivity index (χ3n) is 4.49. The molecule has 1 saturated heterocycles. The van der Waals surface area contributed by atoms with Gasteiger partial charge >= 0.3 is 0 Å². The van der Waals surface area contributed by atoms with Crippen LogP contribution in [0.1, 0.15) is 38.5 Å². The first-order valence-electron chi connectivity index (χ1n) is 5.53. The fraction of sp³-hybridized carbons (Fsp3) is 1.00. The zero-order chi connectivity index (χ0) is 9.81. The molecular formula is C10H16O3S. The van der Waals surface area contributed by atoms with E-state index in [9.17, 15) is 8.42 Å². The first kappa shape index (κ1) is 9.16. The summed E-state index contributed by atoms with van der Waals surface area (Å²) in [6.07, 6.45) is 6.31. The van der Waals surface area contributed by atoms with Crippen LogP contribution in [0.15, 0.2) is 0 Å². The van der Waals surface area contributed by atoms with Gasteiger partial charge in [-0.05, 0) is 37.5 Å². The van der Waals surface area contributed by atoms with Gasteiger partial charge in [-0.1, -0.05) is 12.8 Å². The van der Waals surface area contributed by atoms with Crippen LogP contribution in [0.5, 0.6) is 0 Å². The van der Waals surface area contributed by atoms with Crippen molar-refractivity contribution in [2.75, 3.05) is 6.61 Å². The van der Waals surface area contributed by atoms with E-state index in [0.717, 1.165) is 25.7 Å². The summed E-state index contributed by atoms with van der Waals surface area (Å²) in [5, 5.41) is 0. The number of fused-ring (bicyclic) bond motifs is 2. The second-order valence-corrected chi connectivity index (χ2v) is 6.97. The minimum Gasteiger partial charge on any atom is -0.270 e. The highest BCUT2D eigenvalue weighted by molar-refractivity contribution is 7.88. The van der Waals surface area contributed by atoms with E-state index in [1.807, 2.05) is 0 Å². The Morgan fingerprint density at radius 2 is 1.86 bits per heavy atom. The van der Waals surface area contributed by atoms with Crippen LogP contribution in [0.2, 0.25) is 0 Å². The molecule has 1 atom stereocenters. The van der Waals surface area contributed by atoms with Gasteiger partial charge in [-0.3, -0.25) is 4.18 Å². The van der Waals surface area contributed by atoms with E-state index in [1.165, 1.54) is 12.8 Å². The van der Waals surface area contributed by atoms with Crippen molar-refractivity contribution in [3.05, 3.63) is 0 Å². The summed E-state index contributed by atoms with van der Waals surface area (Å²) < 4.78 is 28.3. The topological polar surface area (TPSA) is 43.4 Å². The van der Waals surface area contributed by atoms with Gasteiger partial charge in [0.1, 0.15) is 4.75 Å². The predicted molar refractivity (Wildman–Crippen MR) is 52.3 cm³/mol. The Bertz CT molecular complexity index is 340. The average molecular weight is 216 g/mol. The van der Waals surface area contributed by atoms with E-state index in [2.05, 4.69) is 0 Å². The molecule has 0 radical (unpaired) electrons. The number of hydrogen-bond donors (Lipinski definition) is 0. The molecule has 0 aromatic heterocycles. The monoisotopic (exact) mass is 216 g/mol. The highest BCUT2D eigenvalue weighted by Gasteiger charge is 2.58. The molecule has 2 bridgehead atoms. The third-order valence-corrected chi connectivity index (χ3v) is 6.66. The van der Waals surface area contributed by atoms with E-state index in [-0.39, 0.29) is 0 Å². The Kier molecular flexibility index (Phi) is 1.78. The van der Waals surface area contributed by atoms with Crippen LogP contribution < -0.4 is 0 Å². The molecule has 1 unspecified atom stereocenters. The average Bonchev–Trinajstić information content (AvgIpc) is 2.44. The van der Waals surface area contributed by atoms with Crippen molar-refractivity contribution in [3.63, 3.8) is 0 Å². The summed E-state index contributed by atoms with van der Waals surface area (Å²) in [5.41, 5.74) is 0. The maximum atomic E-state index is 11.9. The summed E-state index contributed by atoms with van der Waals surface area (Å²) in [4.78, 5) is 0. The summed E-state index contributed by atoms with van der Waals surface area (Å²) in [7, 11) is -3.24. The summed E-state index contributed by atoms with van der Waals surface area (Å²) in [6, 6.07) is 0. The van der Waals surface area contributed by atoms with Crippen molar-refractivity contribution in [2.45, 2.75) is 43.3 Å². The quantitative estimate of drug-likeness (QED) is 0.579. The SMILES string of the molecule is O=S1(=O)OCCC12CC1CCC2CC1. The Hall–Kier alpha value is -0.0900. The molecule has 3 nitrogen and oxygen atoms in total. The van der Waals surface area contributed by atoms with Gasteiger partial charge in [0.25, 0.3) is 10.1 Å². The fourth-order valence-corrected chi connectivity index (χ4v) is 5.68. The molecule has 0 aromatic carbocycles. The van der Waals surface area contributed by atoms with Gasteiger partial charge < -0.3 is 0 Å². The van der Waals surface area contributed by atoms with Gasteiger partial charge in [-0.25, -0.2) is 0 Å². The van der Waals surface area contributed by atoms with Crippen molar-refractivity contribution in [1.29, 1.82) is 0 Å². The predicted octanol–water partition coefficient (Wildman–Crippen LogP) is 1.69. The highest BCUT2D eigenvalue weighted by Crippen LogP contribution is 2.55. The minimum atomic E-state index is -3.24. The first-order valence-corrected chi connectivity index (χ1v) is 6.94. The maximum absolute atomic E-state index is 11.9. The van der Waals surface area contributed by atoms with Gasteiger partial charge in [0.05, 0.1) is 6.61 Å². The summed E-state index contributed by atoms with van der Waals surface area (Å²) >= 11 is 0. The van der Waals surface area contributed by atoms with E-state index >= 15 is 0 Å². The molecule has 1 heterocycles. The molecule has 4 rings (SSSR count). The van der Waals surface area contributed by atoms with Gasteiger partial charge in [0.15, 0.2) is 0 Å². The normalized spacial score (nSPS) is 50.0. The van der Waals surface area contributed by atoms with Crippen LogP contribution in [0.25, 0.3) is 0 Å². The van der Waals surface area contributed by atoms with Crippen LogP contribution in [-0.4, -0.2) is 19.8 Å². The molecule has 4 fully saturated rings. The van der Waals surface area contributed by atoms with Crippen molar-refractivity contribution in [3.8, 4) is 0 Å². The Balaban J connectivity index is 2.04. The fourth-order valence-electron chi connectivity index (χ4n) is 3.73. The third kappa shape index (κ3) is 0.986. The van der Waals surface area contributed by atoms with Crippen molar-refractivity contribution < 1.29 is 12.6 Å². The zero-order valence-electron chi connectivity index (χ0n) is 8.24. The molecule has 3 saturated carbocycles. The molecule has 80 valence electrons. The van der Waals surface area contributed by atoms with Crippen molar-refractivity contribution in [2.24, 2.45) is 11.8 Å². The van der Waals surface area contributed by atoms with Crippen molar-refractivity contribution in [1.82, 2.24) is 0 Å². The lowest BCUT2D eigenvalue weighted by Crippen LogP contribution is -2.50. The van der Waals surface area contributed by atoms with E-state index in [4.69, 9.17) is 4.18 Å². The number of hydrogen-bond acceptors (Lipinski definition) is 3. The van der Waals surface area contributed by atoms with E-state index in [1.54, 1.807) is 0 Å². The Labute approximate surface area is 85.0 Å². The summed E-state index contributed by atoms with van der Waals surface area (Å²) in [6.45, 7) is 0.422. The molecule has 0 N–H and O–H groups in total. The van der Waals surface area contributed by atoms with Crippen LogP contribution >= 0.6 is 0 Å². The van der Waals surface area contributed by atoms with Gasteiger partial charge in [-0.2, -0.15) is 8.42 Å². The molecule has 1 aliphatic heterocycles. The summed E-state index contributed by atoms with van der Waals surface area (Å²) in [5.74, 6) is 1.04. The number of rotatable bonds is 0. The molecular weight excluding hydrogens is 200 g/mol. The second kappa shape index (κ2) is 2.73. The lowest BCUT2D eigenvalue weighted by atomic mass is 9.63. The van der Waals surface area contributed by atoms with Gasteiger partial charge in [0.2, 0.25) is 0 Å². The largest absolute Gasteiger partial charge is 0.273 e. The zero-order valence-corrected chi connectivity index (χ0v) is 9.05. The first-order chi connectivity index (χ1) is 6.64. The Morgan fingerprint density at radius 1 is 1.14 bits per heavy atom. The second-order valence-electron chi connectivity index (χ2n) is 5.01. The Morgan fingerprint density at radius 3 is 2.29 bits per heavy atom. The molecule has 3 aliphatic carbocycles. The standard InChI is InChI=1S/C10H16O3S/c11-14(12)10(5-6-13-14)7-8-1-3-9(10)4-2-8/h8-9H,1-7H2. The minimum absolute atomic E-state index is 0.389. The highest BCUT2D eigenvalue weighted by atomic mass is 32.2. The molecule has 0 amide bonds. The lowest BCUT2D eigenvalue weighted by Gasteiger charge is -2.47. The lowest BCUT2D eigenvalue weighted by molar-refractivity contribution is 0.118. The van der Waals surface area contributed by atoms with Crippen LogP contribution in [0.4, 0.5) is 0 Å².